The van der Waals surface area contributed by atoms with Crippen molar-refractivity contribution in [2.24, 2.45) is 0 Å². The fraction of sp³-hybridized carbons (Fsp3) is 0.286. The van der Waals surface area contributed by atoms with Crippen LogP contribution in [0.5, 0.6) is 0 Å². The molecule has 6 nitrogen and oxygen atoms in total. The molecule has 0 bridgehead atoms. The van der Waals surface area contributed by atoms with Crippen LogP contribution < -0.4 is 10.6 Å². The number of rotatable bonds is 9. The van der Waals surface area contributed by atoms with Gasteiger partial charge in [-0.2, -0.15) is 0 Å². The molecule has 6 heteroatoms. The Balaban J connectivity index is 1.75. The van der Waals surface area contributed by atoms with Crippen molar-refractivity contribution in [3.05, 3.63) is 66.5 Å². The second-order valence-corrected chi connectivity index (χ2v) is 6.59. The van der Waals surface area contributed by atoms with Gasteiger partial charge in [0.15, 0.2) is 5.82 Å². The molecule has 0 atom stereocenters. The fourth-order valence-electron chi connectivity index (χ4n) is 2.64. The Hall–Kier alpha value is -2.99. The topological polar surface area (TPSA) is 66.0 Å². The number of nitrogens with zero attached hydrogens (tertiary/aromatic N) is 4. The van der Waals surface area contributed by atoms with Crippen molar-refractivity contribution in [1.29, 1.82) is 0 Å². The molecule has 3 aromatic rings. The van der Waals surface area contributed by atoms with Crippen molar-refractivity contribution in [3.63, 3.8) is 0 Å². The Labute approximate surface area is 160 Å². The van der Waals surface area contributed by atoms with E-state index in [9.17, 15) is 0 Å². The minimum Gasteiger partial charge on any atom is -0.370 e. The molecule has 3 rings (SSSR count). The minimum absolute atomic E-state index is 0.617. The van der Waals surface area contributed by atoms with Gasteiger partial charge in [0.25, 0.3) is 0 Å². The molecule has 0 aliphatic rings. The number of hydrogen-bond acceptors (Lipinski definition) is 6. The molecule has 0 fully saturated rings. The van der Waals surface area contributed by atoms with Gasteiger partial charge in [-0.05, 0) is 39.2 Å². The standard InChI is InChI=1S/C21H26N6/c1-27(2)14-8-13-23-19-15-20(24-16-18-11-6-7-12-22-18)26-21(25-19)17-9-4-3-5-10-17/h3-7,9-12,15H,8,13-14,16H2,1-2H3,(H2,23,24,25,26). The van der Waals surface area contributed by atoms with E-state index in [2.05, 4.69) is 44.6 Å². The van der Waals surface area contributed by atoms with Crippen molar-refractivity contribution >= 4 is 11.6 Å². The van der Waals surface area contributed by atoms with Crippen LogP contribution >= 0.6 is 0 Å². The van der Waals surface area contributed by atoms with E-state index in [1.54, 1.807) is 6.20 Å². The zero-order valence-electron chi connectivity index (χ0n) is 15.9. The lowest BCUT2D eigenvalue weighted by atomic mass is 10.2. The molecule has 2 heterocycles. The number of pyridine rings is 1. The lowest BCUT2D eigenvalue weighted by Gasteiger charge is -2.13. The Bertz CT molecular complexity index is 821. The highest BCUT2D eigenvalue weighted by molar-refractivity contribution is 5.61. The highest BCUT2D eigenvalue weighted by Gasteiger charge is 2.07. The van der Waals surface area contributed by atoms with Crippen molar-refractivity contribution in [2.45, 2.75) is 13.0 Å². The molecule has 0 aliphatic heterocycles. The van der Waals surface area contributed by atoms with Crippen LogP contribution in [0.2, 0.25) is 0 Å². The molecular weight excluding hydrogens is 336 g/mol. The molecule has 0 spiro atoms. The summed E-state index contributed by atoms with van der Waals surface area (Å²) in [5, 5.41) is 6.77. The van der Waals surface area contributed by atoms with Crippen LogP contribution in [-0.4, -0.2) is 47.0 Å². The first-order chi connectivity index (χ1) is 13.2. The summed E-state index contributed by atoms with van der Waals surface area (Å²) in [6.07, 6.45) is 2.85. The summed E-state index contributed by atoms with van der Waals surface area (Å²) >= 11 is 0. The zero-order valence-corrected chi connectivity index (χ0v) is 15.9. The third kappa shape index (κ3) is 6.04. The van der Waals surface area contributed by atoms with Gasteiger partial charge in [0.1, 0.15) is 11.6 Å². The minimum atomic E-state index is 0.617. The van der Waals surface area contributed by atoms with E-state index in [1.807, 2.05) is 54.6 Å². The molecule has 1 aromatic carbocycles. The second kappa shape index (κ2) is 9.64. The average Bonchev–Trinajstić information content (AvgIpc) is 2.71. The van der Waals surface area contributed by atoms with Crippen LogP contribution in [0.3, 0.4) is 0 Å². The molecule has 0 saturated carbocycles. The first-order valence-corrected chi connectivity index (χ1v) is 9.17. The SMILES string of the molecule is CN(C)CCCNc1cc(NCc2ccccn2)nc(-c2ccccc2)n1. The molecule has 2 N–H and O–H groups in total. The van der Waals surface area contributed by atoms with Crippen LogP contribution in [0.1, 0.15) is 12.1 Å². The van der Waals surface area contributed by atoms with Gasteiger partial charge < -0.3 is 15.5 Å². The number of aromatic nitrogens is 3. The number of anilines is 2. The van der Waals surface area contributed by atoms with Crippen molar-refractivity contribution < 1.29 is 0 Å². The summed E-state index contributed by atoms with van der Waals surface area (Å²) in [6, 6.07) is 17.9. The first-order valence-electron chi connectivity index (χ1n) is 9.17. The number of benzene rings is 1. The van der Waals surface area contributed by atoms with Gasteiger partial charge in [-0.15, -0.1) is 0 Å². The Morgan fingerprint density at radius 1 is 0.889 bits per heavy atom. The van der Waals surface area contributed by atoms with Crippen LogP contribution in [0.4, 0.5) is 11.6 Å². The van der Waals surface area contributed by atoms with Gasteiger partial charge in [0.05, 0.1) is 12.2 Å². The van der Waals surface area contributed by atoms with Gasteiger partial charge in [0.2, 0.25) is 0 Å². The van der Waals surface area contributed by atoms with E-state index in [1.165, 1.54) is 0 Å². The van der Waals surface area contributed by atoms with Crippen molar-refractivity contribution in [3.8, 4) is 11.4 Å². The van der Waals surface area contributed by atoms with E-state index in [-0.39, 0.29) is 0 Å². The molecule has 27 heavy (non-hydrogen) atoms. The summed E-state index contributed by atoms with van der Waals surface area (Å²) in [4.78, 5) is 15.9. The molecule has 0 unspecified atom stereocenters. The quantitative estimate of drug-likeness (QED) is 0.568. The molecule has 0 radical (unpaired) electrons. The van der Waals surface area contributed by atoms with E-state index < -0.39 is 0 Å². The molecule has 0 saturated heterocycles. The van der Waals surface area contributed by atoms with E-state index in [0.717, 1.165) is 42.4 Å². The fourth-order valence-corrected chi connectivity index (χ4v) is 2.64. The maximum absolute atomic E-state index is 4.68. The summed E-state index contributed by atoms with van der Waals surface area (Å²) < 4.78 is 0. The van der Waals surface area contributed by atoms with Gasteiger partial charge in [0, 0.05) is 24.4 Å². The number of hydrogen-bond donors (Lipinski definition) is 2. The highest BCUT2D eigenvalue weighted by atomic mass is 15.1. The predicted molar refractivity (Wildman–Crippen MR) is 111 cm³/mol. The second-order valence-electron chi connectivity index (χ2n) is 6.59. The van der Waals surface area contributed by atoms with E-state index in [0.29, 0.717) is 12.4 Å². The zero-order chi connectivity index (χ0) is 18.9. The monoisotopic (exact) mass is 362 g/mol. The van der Waals surface area contributed by atoms with E-state index in [4.69, 9.17) is 0 Å². The smallest absolute Gasteiger partial charge is 0.163 e. The summed E-state index contributed by atoms with van der Waals surface area (Å²) in [5.74, 6) is 2.31. The first kappa shape index (κ1) is 18.8. The summed E-state index contributed by atoms with van der Waals surface area (Å²) in [7, 11) is 4.16. The lowest BCUT2D eigenvalue weighted by molar-refractivity contribution is 0.405. The highest BCUT2D eigenvalue weighted by Crippen LogP contribution is 2.20. The molecule has 0 amide bonds. The predicted octanol–water partition coefficient (Wildman–Crippen LogP) is 3.51. The third-order valence-corrected chi connectivity index (χ3v) is 4.02. The van der Waals surface area contributed by atoms with Crippen LogP contribution in [0.15, 0.2) is 60.8 Å². The molecule has 140 valence electrons. The number of nitrogens with one attached hydrogen (secondary N) is 2. The Kier molecular flexibility index (Phi) is 6.71. The van der Waals surface area contributed by atoms with Gasteiger partial charge >= 0.3 is 0 Å². The van der Waals surface area contributed by atoms with Gasteiger partial charge in [-0.1, -0.05) is 36.4 Å². The van der Waals surface area contributed by atoms with Gasteiger partial charge in [-0.25, -0.2) is 9.97 Å². The van der Waals surface area contributed by atoms with Crippen LogP contribution in [0, 0.1) is 0 Å². The maximum atomic E-state index is 4.68. The average molecular weight is 362 g/mol. The Morgan fingerprint density at radius 3 is 2.33 bits per heavy atom. The van der Waals surface area contributed by atoms with Crippen LogP contribution in [0.25, 0.3) is 11.4 Å². The maximum Gasteiger partial charge on any atom is 0.163 e. The van der Waals surface area contributed by atoms with Crippen molar-refractivity contribution in [1.82, 2.24) is 19.9 Å². The van der Waals surface area contributed by atoms with Crippen LogP contribution in [-0.2, 0) is 6.54 Å². The molecular formula is C21H26N6. The molecule has 0 aliphatic carbocycles. The normalized spacial score (nSPS) is 10.8. The Morgan fingerprint density at radius 2 is 1.63 bits per heavy atom. The van der Waals surface area contributed by atoms with Crippen molar-refractivity contribution in [2.75, 3.05) is 37.8 Å². The molecule has 2 aromatic heterocycles. The summed E-state index contributed by atoms with van der Waals surface area (Å²) in [5.41, 5.74) is 1.97. The van der Waals surface area contributed by atoms with E-state index >= 15 is 0 Å². The third-order valence-electron chi connectivity index (χ3n) is 4.02. The summed E-state index contributed by atoms with van der Waals surface area (Å²) in [6.45, 7) is 2.52. The lowest BCUT2D eigenvalue weighted by Crippen LogP contribution is -2.17. The van der Waals surface area contributed by atoms with Gasteiger partial charge in [-0.3, -0.25) is 4.98 Å². The largest absolute Gasteiger partial charge is 0.370 e.